The Kier molecular flexibility index (Phi) is 8.67. The van der Waals surface area contributed by atoms with Crippen molar-refractivity contribution in [3.63, 3.8) is 0 Å². The molecule has 4 rings (SSSR count). The molecule has 1 aromatic carbocycles. The van der Waals surface area contributed by atoms with Crippen molar-refractivity contribution in [2.45, 2.75) is 26.2 Å². The number of benzene rings is 1. The quantitative estimate of drug-likeness (QED) is 0.484. The number of carbonyl (C=O) groups is 1. The van der Waals surface area contributed by atoms with E-state index < -0.39 is 17.8 Å². The molecular weight excluding hydrogens is 517 g/mol. The van der Waals surface area contributed by atoms with Gasteiger partial charge in [0.05, 0.1) is 13.1 Å². The Morgan fingerprint density at radius 3 is 2.43 bits per heavy atom. The molecule has 0 amide bonds. The molecule has 0 spiro atoms. The number of aromatic nitrogens is 4. The van der Waals surface area contributed by atoms with E-state index in [1.165, 1.54) is 11.6 Å². The maximum atomic E-state index is 13.1. The van der Waals surface area contributed by atoms with Crippen molar-refractivity contribution in [2.75, 3.05) is 31.1 Å². The monoisotopic (exact) mass is 540 g/mol. The van der Waals surface area contributed by atoms with Crippen molar-refractivity contribution >= 4 is 34.7 Å². The molecule has 0 unspecified atom stereocenters. The topological polar surface area (TPSA) is 114 Å². The average molecular weight is 541 g/mol. The summed E-state index contributed by atoms with van der Waals surface area (Å²) in [6, 6.07) is 7.32. The molecule has 37 heavy (non-hydrogen) atoms. The number of rotatable bonds is 4. The van der Waals surface area contributed by atoms with Gasteiger partial charge in [0.25, 0.3) is 5.56 Å². The number of piperazine rings is 1. The molecule has 2 N–H and O–H groups in total. The van der Waals surface area contributed by atoms with Gasteiger partial charge in [0.15, 0.2) is 11.2 Å². The second-order valence-electron chi connectivity index (χ2n) is 8.00. The van der Waals surface area contributed by atoms with Gasteiger partial charge >= 0.3 is 17.8 Å². The van der Waals surface area contributed by atoms with Gasteiger partial charge in [-0.25, -0.2) is 9.59 Å². The lowest BCUT2D eigenvalue weighted by molar-refractivity contribution is -0.192. The molecule has 198 valence electrons. The maximum absolute atomic E-state index is 13.1. The molecule has 1 fully saturated rings. The second-order valence-corrected chi connectivity index (χ2v) is 8.44. The van der Waals surface area contributed by atoms with Crippen LogP contribution in [0.1, 0.15) is 12.5 Å². The Balaban J connectivity index is 0.000000479. The average Bonchev–Trinajstić information content (AvgIpc) is 3.24. The molecule has 2 aromatic heterocycles. The summed E-state index contributed by atoms with van der Waals surface area (Å²) in [5, 5.41) is 11.0. The van der Waals surface area contributed by atoms with Crippen LogP contribution in [0.3, 0.4) is 0 Å². The lowest BCUT2D eigenvalue weighted by Crippen LogP contribution is -2.44. The highest BCUT2D eigenvalue weighted by molar-refractivity contribution is 6.30. The fourth-order valence-corrected chi connectivity index (χ4v) is 3.93. The van der Waals surface area contributed by atoms with Crippen LogP contribution in [0.4, 0.5) is 19.1 Å². The standard InChI is InChI=1S/C21H23ClN6O2.C2HF3O2/c1-3-4-10-27-17-18(24-20(27)26-11-8-23-9-12-26)28(21(30)25(2)19(17)29)14-15-6-5-7-16(22)13-15;3-2(4,5)1(6)7/h5-7,13,23H,8-12,14H2,1-2H3;(H,6,7). The van der Waals surface area contributed by atoms with Crippen molar-refractivity contribution in [3.05, 3.63) is 55.7 Å². The molecule has 1 aliphatic heterocycles. The van der Waals surface area contributed by atoms with E-state index in [1.54, 1.807) is 13.0 Å². The Hall–Kier alpha value is -3.76. The third kappa shape index (κ3) is 6.33. The highest BCUT2D eigenvalue weighted by atomic mass is 35.5. The van der Waals surface area contributed by atoms with Crippen molar-refractivity contribution in [3.8, 4) is 11.8 Å². The lowest BCUT2D eigenvalue weighted by atomic mass is 10.2. The first-order chi connectivity index (χ1) is 17.5. The summed E-state index contributed by atoms with van der Waals surface area (Å²) in [6.07, 6.45) is -5.08. The Bertz CT molecular complexity index is 1480. The third-order valence-corrected chi connectivity index (χ3v) is 5.73. The summed E-state index contributed by atoms with van der Waals surface area (Å²) in [4.78, 5) is 41.9. The van der Waals surface area contributed by atoms with Crippen LogP contribution in [0.25, 0.3) is 11.2 Å². The molecule has 14 heteroatoms. The summed E-state index contributed by atoms with van der Waals surface area (Å²) < 4.78 is 36.2. The number of halogens is 4. The van der Waals surface area contributed by atoms with Crippen molar-refractivity contribution < 1.29 is 23.1 Å². The summed E-state index contributed by atoms with van der Waals surface area (Å²) in [6.45, 7) is 5.55. The molecule has 0 aliphatic carbocycles. The minimum Gasteiger partial charge on any atom is -0.475 e. The molecule has 10 nitrogen and oxygen atoms in total. The Morgan fingerprint density at radius 2 is 1.86 bits per heavy atom. The first-order valence-corrected chi connectivity index (χ1v) is 11.4. The molecule has 1 aliphatic rings. The largest absolute Gasteiger partial charge is 0.490 e. The zero-order valence-corrected chi connectivity index (χ0v) is 20.7. The van der Waals surface area contributed by atoms with Crippen molar-refractivity contribution in [1.29, 1.82) is 0 Å². The Morgan fingerprint density at radius 1 is 1.22 bits per heavy atom. The SMILES string of the molecule is CC#CCn1c(N2CCNCC2)nc2c1c(=O)n(C)c(=O)n2Cc1cccc(Cl)c1.O=C(O)C(F)(F)F. The number of fused-ring (bicyclic) bond motifs is 1. The zero-order chi connectivity index (χ0) is 27.3. The van der Waals surface area contributed by atoms with E-state index in [4.69, 9.17) is 26.5 Å². The predicted octanol–water partition coefficient (Wildman–Crippen LogP) is 1.66. The molecular formula is C23H24ClF3N6O4. The number of carboxylic acids is 1. The summed E-state index contributed by atoms with van der Waals surface area (Å²) in [5.74, 6) is 3.83. The number of hydrogen-bond acceptors (Lipinski definition) is 6. The molecule has 1 saturated heterocycles. The van der Waals surface area contributed by atoms with E-state index in [2.05, 4.69) is 22.1 Å². The second kappa shape index (κ2) is 11.5. The fourth-order valence-electron chi connectivity index (χ4n) is 3.72. The van der Waals surface area contributed by atoms with Gasteiger partial charge in [0, 0.05) is 38.2 Å². The smallest absolute Gasteiger partial charge is 0.475 e. The fraction of sp³-hybridized carbons (Fsp3) is 0.391. The normalized spacial score (nSPS) is 13.5. The van der Waals surface area contributed by atoms with Crippen LogP contribution in [0.2, 0.25) is 5.02 Å². The van der Waals surface area contributed by atoms with Crippen molar-refractivity contribution in [2.24, 2.45) is 7.05 Å². The number of aliphatic carboxylic acids is 1. The molecule has 0 radical (unpaired) electrons. The molecule has 0 bridgehead atoms. The van der Waals surface area contributed by atoms with Crippen LogP contribution in [0, 0.1) is 11.8 Å². The van der Waals surface area contributed by atoms with Crippen LogP contribution in [0.15, 0.2) is 33.9 Å². The minimum atomic E-state index is -5.08. The van der Waals surface area contributed by atoms with E-state index in [-0.39, 0.29) is 12.1 Å². The van der Waals surface area contributed by atoms with E-state index in [1.807, 2.05) is 22.8 Å². The highest BCUT2D eigenvalue weighted by Gasteiger charge is 2.38. The van der Waals surface area contributed by atoms with Gasteiger partial charge in [0.2, 0.25) is 5.95 Å². The summed E-state index contributed by atoms with van der Waals surface area (Å²) >= 11 is 6.12. The van der Waals surface area contributed by atoms with Gasteiger partial charge in [0.1, 0.15) is 0 Å². The molecule has 0 atom stereocenters. The molecule has 0 saturated carbocycles. The van der Waals surface area contributed by atoms with E-state index >= 15 is 0 Å². The highest BCUT2D eigenvalue weighted by Crippen LogP contribution is 2.21. The first kappa shape index (κ1) is 27.8. The van der Waals surface area contributed by atoms with E-state index in [0.717, 1.165) is 36.3 Å². The predicted molar refractivity (Wildman–Crippen MR) is 132 cm³/mol. The number of anilines is 1. The van der Waals surface area contributed by atoms with Crippen LogP contribution in [-0.4, -0.2) is 62.1 Å². The van der Waals surface area contributed by atoms with Gasteiger partial charge in [-0.15, -0.1) is 5.92 Å². The number of nitrogens with one attached hydrogen (secondary N) is 1. The Labute approximate surface area is 213 Å². The number of alkyl halides is 3. The van der Waals surface area contributed by atoms with Gasteiger partial charge < -0.3 is 15.3 Å². The van der Waals surface area contributed by atoms with Crippen LogP contribution < -0.4 is 21.5 Å². The van der Waals surface area contributed by atoms with Crippen LogP contribution in [-0.2, 0) is 24.9 Å². The van der Waals surface area contributed by atoms with E-state index in [0.29, 0.717) is 28.7 Å². The summed E-state index contributed by atoms with van der Waals surface area (Å²) in [7, 11) is 1.49. The number of carboxylic acid groups (broad SMARTS) is 1. The maximum Gasteiger partial charge on any atom is 0.490 e. The van der Waals surface area contributed by atoms with E-state index in [9.17, 15) is 22.8 Å². The van der Waals surface area contributed by atoms with Gasteiger partial charge in [-0.3, -0.25) is 18.5 Å². The van der Waals surface area contributed by atoms with Gasteiger partial charge in [-0.2, -0.15) is 18.2 Å². The molecule has 3 aromatic rings. The van der Waals surface area contributed by atoms with Crippen LogP contribution >= 0.6 is 11.6 Å². The summed E-state index contributed by atoms with van der Waals surface area (Å²) in [5.41, 5.74) is 0.829. The van der Waals surface area contributed by atoms with Crippen molar-refractivity contribution in [1.82, 2.24) is 24.0 Å². The number of hydrogen-bond donors (Lipinski definition) is 2. The van der Waals surface area contributed by atoms with Gasteiger partial charge in [-0.05, 0) is 24.6 Å². The first-order valence-electron chi connectivity index (χ1n) is 11.1. The number of nitrogens with zero attached hydrogens (tertiary/aromatic N) is 5. The van der Waals surface area contributed by atoms with Crippen LogP contribution in [0.5, 0.6) is 0 Å². The lowest BCUT2D eigenvalue weighted by Gasteiger charge is -2.28. The van der Waals surface area contributed by atoms with Gasteiger partial charge in [-0.1, -0.05) is 29.7 Å². The minimum absolute atomic E-state index is 0.265. The molecule has 3 heterocycles. The zero-order valence-electron chi connectivity index (χ0n) is 20.0. The third-order valence-electron chi connectivity index (χ3n) is 5.50. The number of imidazole rings is 1.